The molecule has 0 bridgehead atoms. The topological polar surface area (TPSA) is 63.7 Å². The van der Waals surface area contributed by atoms with Gasteiger partial charge in [0, 0.05) is 61.5 Å². The standard InChI is InChI=1S/C21H25N3O3/c1-26-19-5-3-2-4-16(19)11-24-12-18-17(14-27-20(18)13-24)10-23-21(25)15-6-8-22-9-7-15/h2-9,17-18,20H,10-14H2,1H3,(H,23,25)/t17-,18-,20-/m0/s1. The Morgan fingerprint density at radius 1 is 1.26 bits per heavy atom. The van der Waals surface area contributed by atoms with Crippen LogP contribution in [-0.2, 0) is 11.3 Å². The number of rotatable bonds is 6. The molecular weight excluding hydrogens is 342 g/mol. The van der Waals surface area contributed by atoms with E-state index in [-0.39, 0.29) is 12.0 Å². The second kappa shape index (κ2) is 8.06. The Labute approximate surface area is 159 Å². The molecule has 3 atom stereocenters. The SMILES string of the molecule is COc1ccccc1CN1C[C@H]2[C@@H](CNC(=O)c3ccncc3)CO[C@H]2C1. The molecule has 142 valence electrons. The van der Waals surface area contributed by atoms with Crippen molar-refractivity contribution in [2.75, 3.05) is 33.4 Å². The number of amides is 1. The minimum Gasteiger partial charge on any atom is -0.496 e. The van der Waals surface area contributed by atoms with Crippen LogP contribution < -0.4 is 10.1 Å². The number of ether oxygens (including phenoxy) is 2. The van der Waals surface area contributed by atoms with Crippen molar-refractivity contribution in [3.8, 4) is 5.75 Å². The summed E-state index contributed by atoms with van der Waals surface area (Å²) in [7, 11) is 1.71. The molecule has 0 spiro atoms. The molecule has 1 aromatic heterocycles. The Balaban J connectivity index is 1.32. The van der Waals surface area contributed by atoms with Crippen LogP contribution in [-0.4, -0.2) is 55.2 Å². The van der Waals surface area contributed by atoms with Crippen molar-refractivity contribution in [1.82, 2.24) is 15.2 Å². The number of aromatic nitrogens is 1. The Morgan fingerprint density at radius 2 is 2.07 bits per heavy atom. The summed E-state index contributed by atoms with van der Waals surface area (Å²) in [6, 6.07) is 11.6. The molecule has 1 N–H and O–H groups in total. The lowest BCUT2D eigenvalue weighted by Gasteiger charge is -2.21. The molecule has 2 aliphatic rings. The van der Waals surface area contributed by atoms with Crippen molar-refractivity contribution in [3.05, 3.63) is 59.9 Å². The van der Waals surface area contributed by atoms with Crippen LogP contribution in [0.5, 0.6) is 5.75 Å². The van der Waals surface area contributed by atoms with Crippen LogP contribution in [0.25, 0.3) is 0 Å². The Bertz CT molecular complexity index is 783. The largest absolute Gasteiger partial charge is 0.496 e. The number of para-hydroxylation sites is 1. The second-order valence-electron chi connectivity index (χ2n) is 7.25. The average molecular weight is 367 g/mol. The lowest BCUT2D eigenvalue weighted by Crippen LogP contribution is -2.34. The highest BCUT2D eigenvalue weighted by Crippen LogP contribution is 2.34. The van der Waals surface area contributed by atoms with Gasteiger partial charge in [-0.3, -0.25) is 14.7 Å². The number of likely N-dealkylation sites (tertiary alicyclic amines) is 1. The molecule has 27 heavy (non-hydrogen) atoms. The molecule has 0 radical (unpaired) electrons. The molecule has 1 amide bonds. The van der Waals surface area contributed by atoms with Gasteiger partial charge in [0.15, 0.2) is 0 Å². The average Bonchev–Trinajstić information content (AvgIpc) is 3.27. The summed E-state index contributed by atoms with van der Waals surface area (Å²) < 4.78 is 11.5. The third-order valence-electron chi connectivity index (χ3n) is 5.57. The van der Waals surface area contributed by atoms with Gasteiger partial charge in [0.25, 0.3) is 5.91 Å². The highest BCUT2D eigenvalue weighted by Gasteiger charge is 2.43. The number of fused-ring (bicyclic) bond motifs is 1. The van der Waals surface area contributed by atoms with Crippen molar-refractivity contribution in [3.63, 3.8) is 0 Å². The molecule has 6 heteroatoms. The number of nitrogens with zero attached hydrogens (tertiary/aromatic N) is 2. The van der Waals surface area contributed by atoms with Crippen molar-refractivity contribution in [2.45, 2.75) is 12.6 Å². The van der Waals surface area contributed by atoms with Crippen LogP contribution in [0.15, 0.2) is 48.8 Å². The van der Waals surface area contributed by atoms with Crippen molar-refractivity contribution < 1.29 is 14.3 Å². The maximum absolute atomic E-state index is 12.3. The highest BCUT2D eigenvalue weighted by atomic mass is 16.5. The summed E-state index contributed by atoms with van der Waals surface area (Å²) >= 11 is 0. The normalized spacial score (nSPS) is 24.6. The van der Waals surface area contributed by atoms with Crippen LogP contribution in [0.1, 0.15) is 15.9 Å². The van der Waals surface area contributed by atoms with E-state index in [1.54, 1.807) is 31.6 Å². The van der Waals surface area contributed by atoms with Gasteiger partial charge in [-0.1, -0.05) is 18.2 Å². The Morgan fingerprint density at radius 3 is 2.89 bits per heavy atom. The van der Waals surface area contributed by atoms with Crippen LogP contribution in [0.2, 0.25) is 0 Å². The molecule has 1 aromatic carbocycles. The fourth-order valence-corrected chi connectivity index (χ4v) is 4.12. The first kappa shape index (κ1) is 17.9. The maximum atomic E-state index is 12.3. The summed E-state index contributed by atoms with van der Waals surface area (Å²) in [6.07, 6.45) is 3.52. The predicted octanol–water partition coefficient (Wildman–Crippen LogP) is 1.97. The summed E-state index contributed by atoms with van der Waals surface area (Å²) in [5.74, 6) is 1.68. The Kier molecular flexibility index (Phi) is 5.36. The van der Waals surface area contributed by atoms with Gasteiger partial charge >= 0.3 is 0 Å². The number of hydrogen-bond acceptors (Lipinski definition) is 5. The third-order valence-corrected chi connectivity index (χ3v) is 5.57. The molecule has 4 rings (SSSR count). The van der Waals surface area contributed by atoms with E-state index in [0.29, 0.717) is 30.6 Å². The van der Waals surface area contributed by atoms with E-state index >= 15 is 0 Å². The van der Waals surface area contributed by atoms with E-state index in [0.717, 1.165) is 25.4 Å². The monoisotopic (exact) mass is 367 g/mol. The molecule has 3 heterocycles. The summed E-state index contributed by atoms with van der Waals surface area (Å²) in [4.78, 5) is 18.6. The quantitative estimate of drug-likeness (QED) is 0.846. The van der Waals surface area contributed by atoms with E-state index in [1.165, 1.54) is 5.56 Å². The zero-order chi connectivity index (χ0) is 18.6. The molecule has 2 aliphatic heterocycles. The predicted molar refractivity (Wildman–Crippen MR) is 102 cm³/mol. The lowest BCUT2D eigenvalue weighted by atomic mass is 9.93. The van der Waals surface area contributed by atoms with E-state index < -0.39 is 0 Å². The summed E-state index contributed by atoms with van der Waals surface area (Å²) in [5, 5.41) is 3.05. The highest BCUT2D eigenvalue weighted by molar-refractivity contribution is 5.93. The zero-order valence-electron chi connectivity index (χ0n) is 15.5. The van der Waals surface area contributed by atoms with Crippen LogP contribution in [0.4, 0.5) is 0 Å². The fraction of sp³-hybridized carbons (Fsp3) is 0.429. The van der Waals surface area contributed by atoms with Gasteiger partial charge < -0.3 is 14.8 Å². The smallest absolute Gasteiger partial charge is 0.251 e. The van der Waals surface area contributed by atoms with Gasteiger partial charge in [-0.25, -0.2) is 0 Å². The molecule has 2 fully saturated rings. The number of benzene rings is 1. The Hall–Kier alpha value is -2.44. The fourth-order valence-electron chi connectivity index (χ4n) is 4.12. The van der Waals surface area contributed by atoms with Crippen LogP contribution in [0, 0.1) is 11.8 Å². The van der Waals surface area contributed by atoms with E-state index in [4.69, 9.17) is 9.47 Å². The van der Waals surface area contributed by atoms with E-state index in [9.17, 15) is 4.79 Å². The van der Waals surface area contributed by atoms with Gasteiger partial charge in [0.1, 0.15) is 5.75 Å². The first-order valence-electron chi connectivity index (χ1n) is 9.38. The van der Waals surface area contributed by atoms with Crippen molar-refractivity contribution >= 4 is 5.91 Å². The maximum Gasteiger partial charge on any atom is 0.251 e. The van der Waals surface area contributed by atoms with Gasteiger partial charge in [-0.15, -0.1) is 0 Å². The van der Waals surface area contributed by atoms with Crippen LogP contribution >= 0.6 is 0 Å². The van der Waals surface area contributed by atoms with Gasteiger partial charge in [0.2, 0.25) is 0 Å². The van der Waals surface area contributed by atoms with Gasteiger partial charge in [-0.2, -0.15) is 0 Å². The second-order valence-corrected chi connectivity index (χ2v) is 7.25. The molecule has 6 nitrogen and oxygen atoms in total. The number of nitrogens with one attached hydrogen (secondary N) is 1. The summed E-state index contributed by atoms with van der Waals surface area (Å²) in [5.41, 5.74) is 1.84. The third kappa shape index (κ3) is 3.96. The first-order chi connectivity index (χ1) is 13.2. The number of hydrogen-bond donors (Lipinski definition) is 1. The molecular formula is C21H25N3O3. The first-order valence-corrected chi connectivity index (χ1v) is 9.38. The number of carbonyl (C=O) groups is 1. The van der Waals surface area contributed by atoms with Crippen molar-refractivity contribution in [2.24, 2.45) is 11.8 Å². The zero-order valence-corrected chi connectivity index (χ0v) is 15.5. The van der Waals surface area contributed by atoms with Crippen molar-refractivity contribution in [1.29, 1.82) is 0 Å². The summed E-state index contributed by atoms with van der Waals surface area (Å²) in [6.45, 7) is 4.13. The minimum atomic E-state index is -0.0512. The molecule has 2 saturated heterocycles. The van der Waals surface area contributed by atoms with E-state index in [1.807, 2.05) is 18.2 Å². The molecule has 0 unspecified atom stereocenters. The van der Waals surface area contributed by atoms with Gasteiger partial charge in [0.05, 0.1) is 19.8 Å². The van der Waals surface area contributed by atoms with Gasteiger partial charge in [-0.05, 0) is 18.2 Å². The molecule has 2 aromatic rings. The molecule has 0 aliphatic carbocycles. The minimum absolute atomic E-state index is 0.0512. The number of pyridine rings is 1. The van der Waals surface area contributed by atoms with Crippen LogP contribution in [0.3, 0.4) is 0 Å². The lowest BCUT2D eigenvalue weighted by molar-refractivity contribution is 0.0903. The number of methoxy groups -OCH3 is 1. The van der Waals surface area contributed by atoms with E-state index in [2.05, 4.69) is 21.3 Å². The number of carbonyl (C=O) groups excluding carboxylic acids is 1. The molecule has 0 saturated carbocycles.